The number of aryl methyl sites for hydroxylation is 1. The number of sulfonamides is 1. The average molecular weight is 366 g/mol. The molecule has 0 aliphatic carbocycles. The van der Waals surface area contributed by atoms with Crippen LogP contribution in [0.3, 0.4) is 0 Å². The van der Waals surface area contributed by atoms with Crippen molar-refractivity contribution in [1.29, 1.82) is 0 Å². The summed E-state index contributed by atoms with van der Waals surface area (Å²) >= 11 is 0. The molecule has 0 spiro atoms. The summed E-state index contributed by atoms with van der Waals surface area (Å²) in [6.45, 7) is 1.34. The van der Waals surface area contributed by atoms with Crippen molar-refractivity contribution in [2.45, 2.75) is 6.92 Å². The zero-order valence-electron chi connectivity index (χ0n) is 14.1. The molecule has 134 valence electrons. The lowest BCUT2D eigenvalue weighted by atomic mass is 10.2. The minimum absolute atomic E-state index is 0.245. The van der Waals surface area contributed by atoms with Gasteiger partial charge in [-0.3, -0.25) is 9.10 Å². The van der Waals surface area contributed by atoms with Crippen LogP contribution in [0.15, 0.2) is 42.5 Å². The Morgan fingerprint density at radius 1 is 1.24 bits per heavy atom. The molecule has 8 heteroatoms. The van der Waals surface area contributed by atoms with Crippen LogP contribution in [0.25, 0.3) is 0 Å². The SMILES string of the molecule is COc1ccc(C)cc1N(CC(=O)Nc1cccc(F)c1)S(C)(=O)=O. The Kier molecular flexibility index (Phi) is 5.63. The Balaban J connectivity index is 2.30. The van der Waals surface area contributed by atoms with Gasteiger partial charge in [-0.2, -0.15) is 0 Å². The number of anilines is 2. The monoisotopic (exact) mass is 366 g/mol. The van der Waals surface area contributed by atoms with E-state index in [1.807, 2.05) is 0 Å². The molecule has 2 aromatic rings. The summed E-state index contributed by atoms with van der Waals surface area (Å²) in [4.78, 5) is 12.3. The number of carbonyl (C=O) groups is 1. The normalized spacial score (nSPS) is 11.0. The van der Waals surface area contributed by atoms with E-state index in [0.717, 1.165) is 22.2 Å². The molecule has 0 fully saturated rings. The highest BCUT2D eigenvalue weighted by molar-refractivity contribution is 7.92. The van der Waals surface area contributed by atoms with Gasteiger partial charge in [-0.1, -0.05) is 12.1 Å². The fourth-order valence-corrected chi connectivity index (χ4v) is 3.12. The molecule has 0 saturated carbocycles. The van der Waals surface area contributed by atoms with Crippen molar-refractivity contribution in [2.24, 2.45) is 0 Å². The summed E-state index contributed by atoms with van der Waals surface area (Å²) in [6.07, 6.45) is 1.00. The van der Waals surface area contributed by atoms with Gasteiger partial charge in [0.05, 0.1) is 19.1 Å². The highest BCUT2D eigenvalue weighted by atomic mass is 32.2. The summed E-state index contributed by atoms with van der Waals surface area (Å²) in [5.74, 6) is -0.771. The molecule has 6 nitrogen and oxygen atoms in total. The smallest absolute Gasteiger partial charge is 0.245 e. The molecular weight excluding hydrogens is 347 g/mol. The molecule has 0 aliphatic heterocycles. The zero-order chi connectivity index (χ0) is 18.6. The van der Waals surface area contributed by atoms with Gasteiger partial charge in [-0.25, -0.2) is 12.8 Å². The molecule has 0 aromatic heterocycles. The van der Waals surface area contributed by atoms with Crippen LogP contribution in [-0.4, -0.2) is 34.2 Å². The summed E-state index contributed by atoms with van der Waals surface area (Å²) < 4.78 is 43.7. The van der Waals surface area contributed by atoms with Crippen molar-refractivity contribution in [3.8, 4) is 5.75 Å². The van der Waals surface area contributed by atoms with Crippen LogP contribution >= 0.6 is 0 Å². The van der Waals surface area contributed by atoms with Crippen molar-refractivity contribution in [1.82, 2.24) is 0 Å². The highest BCUT2D eigenvalue weighted by Gasteiger charge is 2.24. The van der Waals surface area contributed by atoms with E-state index in [4.69, 9.17) is 4.74 Å². The van der Waals surface area contributed by atoms with Crippen molar-refractivity contribution in [3.05, 3.63) is 53.8 Å². The largest absolute Gasteiger partial charge is 0.495 e. The molecule has 1 amide bonds. The van der Waals surface area contributed by atoms with Gasteiger partial charge < -0.3 is 10.1 Å². The Morgan fingerprint density at radius 2 is 1.96 bits per heavy atom. The Bertz CT molecular complexity index is 884. The molecule has 0 aliphatic rings. The highest BCUT2D eigenvalue weighted by Crippen LogP contribution is 2.30. The third kappa shape index (κ3) is 4.93. The molecule has 0 unspecified atom stereocenters. The predicted octanol–water partition coefficient (Wildman–Crippen LogP) is 2.55. The van der Waals surface area contributed by atoms with E-state index in [1.165, 1.54) is 25.3 Å². The number of ether oxygens (including phenoxy) is 1. The molecule has 0 heterocycles. The van der Waals surface area contributed by atoms with Crippen molar-refractivity contribution in [2.75, 3.05) is 29.5 Å². The van der Waals surface area contributed by atoms with Crippen LogP contribution in [0.5, 0.6) is 5.75 Å². The quantitative estimate of drug-likeness (QED) is 0.852. The third-order valence-electron chi connectivity index (χ3n) is 3.40. The van der Waals surface area contributed by atoms with Crippen LogP contribution < -0.4 is 14.4 Å². The van der Waals surface area contributed by atoms with Gasteiger partial charge in [-0.15, -0.1) is 0 Å². The van der Waals surface area contributed by atoms with Gasteiger partial charge in [0.25, 0.3) is 0 Å². The van der Waals surface area contributed by atoms with Gasteiger partial charge in [0.1, 0.15) is 18.1 Å². The Labute approximate surface area is 146 Å². The molecule has 0 saturated heterocycles. The molecule has 2 rings (SSSR count). The zero-order valence-corrected chi connectivity index (χ0v) is 14.9. The second-order valence-corrected chi connectivity index (χ2v) is 7.41. The number of rotatable bonds is 6. The molecule has 0 atom stereocenters. The molecular formula is C17H19FN2O4S. The number of halogens is 1. The number of nitrogens with one attached hydrogen (secondary N) is 1. The van der Waals surface area contributed by atoms with Crippen LogP contribution in [0.1, 0.15) is 5.56 Å². The van der Waals surface area contributed by atoms with Gasteiger partial charge in [0.15, 0.2) is 0 Å². The number of carbonyl (C=O) groups excluding carboxylic acids is 1. The summed E-state index contributed by atoms with van der Waals surface area (Å²) in [7, 11) is -2.33. The van der Waals surface area contributed by atoms with Crippen molar-refractivity contribution in [3.63, 3.8) is 0 Å². The Morgan fingerprint density at radius 3 is 2.56 bits per heavy atom. The van der Waals surface area contributed by atoms with Crippen LogP contribution in [0.2, 0.25) is 0 Å². The van der Waals surface area contributed by atoms with E-state index in [0.29, 0.717) is 5.75 Å². The maximum absolute atomic E-state index is 13.2. The number of amides is 1. The number of nitrogens with zero attached hydrogens (tertiary/aromatic N) is 1. The van der Waals surface area contributed by atoms with E-state index in [1.54, 1.807) is 25.1 Å². The lowest BCUT2D eigenvalue weighted by Crippen LogP contribution is -2.37. The molecule has 2 aromatic carbocycles. The fourth-order valence-electron chi connectivity index (χ4n) is 2.27. The maximum Gasteiger partial charge on any atom is 0.245 e. The van der Waals surface area contributed by atoms with Gasteiger partial charge in [0.2, 0.25) is 15.9 Å². The summed E-state index contributed by atoms with van der Waals surface area (Å²) in [5, 5.41) is 2.48. The molecule has 0 bridgehead atoms. The topological polar surface area (TPSA) is 75.7 Å². The Hall–Kier alpha value is -2.61. The lowest BCUT2D eigenvalue weighted by molar-refractivity contribution is -0.114. The molecule has 25 heavy (non-hydrogen) atoms. The van der Waals surface area contributed by atoms with E-state index in [2.05, 4.69) is 5.32 Å². The van der Waals surface area contributed by atoms with Crippen molar-refractivity contribution >= 4 is 27.3 Å². The van der Waals surface area contributed by atoms with E-state index in [9.17, 15) is 17.6 Å². The number of benzene rings is 2. The van der Waals surface area contributed by atoms with Gasteiger partial charge >= 0.3 is 0 Å². The first-order valence-electron chi connectivity index (χ1n) is 7.38. The number of methoxy groups -OCH3 is 1. The first-order chi connectivity index (χ1) is 11.7. The lowest BCUT2D eigenvalue weighted by Gasteiger charge is -2.24. The third-order valence-corrected chi connectivity index (χ3v) is 4.53. The summed E-state index contributed by atoms with van der Waals surface area (Å²) in [6, 6.07) is 10.4. The van der Waals surface area contributed by atoms with Crippen LogP contribution in [0.4, 0.5) is 15.8 Å². The minimum Gasteiger partial charge on any atom is -0.495 e. The first kappa shape index (κ1) is 18.7. The van der Waals surface area contributed by atoms with Crippen LogP contribution in [-0.2, 0) is 14.8 Å². The van der Waals surface area contributed by atoms with E-state index >= 15 is 0 Å². The standard InChI is InChI=1S/C17H19FN2O4S/c1-12-7-8-16(24-2)15(9-12)20(25(3,22)23)11-17(21)19-14-6-4-5-13(18)10-14/h4-10H,11H2,1-3H3,(H,19,21). The predicted molar refractivity (Wildman–Crippen MR) is 95.0 cm³/mol. The molecule has 1 N–H and O–H groups in total. The number of hydrogen-bond acceptors (Lipinski definition) is 4. The first-order valence-corrected chi connectivity index (χ1v) is 9.23. The minimum atomic E-state index is -3.74. The van der Waals surface area contributed by atoms with E-state index < -0.39 is 28.3 Å². The van der Waals surface area contributed by atoms with Crippen LogP contribution in [0, 0.1) is 12.7 Å². The van der Waals surface area contributed by atoms with E-state index in [-0.39, 0.29) is 11.4 Å². The van der Waals surface area contributed by atoms with Gasteiger partial charge in [-0.05, 0) is 42.8 Å². The second kappa shape index (κ2) is 7.52. The van der Waals surface area contributed by atoms with Crippen molar-refractivity contribution < 1.29 is 22.3 Å². The fraction of sp³-hybridized carbons (Fsp3) is 0.235. The molecule has 0 radical (unpaired) electrons. The maximum atomic E-state index is 13.2. The van der Waals surface area contributed by atoms with Gasteiger partial charge in [0, 0.05) is 5.69 Å². The summed E-state index contributed by atoms with van der Waals surface area (Å²) in [5.41, 5.74) is 1.32. The average Bonchev–Trinajstić information content (AvgIpc) is 2.51. The second-order valence-electron chi connectivity index (χ2n) is 5.50. The number of hydrogen-bond donors (Lipinski definition) is 1.